The zero-order valence-corrected chi connectivity index (χ0v) is 17.9. The van der Waals surface area contributed by atoms with Crippen molar-refractivity contribution in [3.63, 3.8) is 0 Å². The van der Waals surface area contributed by atoms with Crippen LogP contribution in [0.5, 0.6) is 11.5 Å². The molecule has 2 amide bonds. The van der Waals surface area contributed by atoms with Crippen molar-refractivity contribution in [3.8, 4) is 11.5 Å². The van der Waals surface area contributed by atoms with Crippen LogP contribution in [0.1, 0.15) is 41.6 Å². The first-order valence-electron chi connectivity index (χ1n) is 10.7. The Hall–Kier alpha value is -3.55. The van der Waals surface area contributed by atoms with Gasteiger partial charge in [-0.2, -0.15) is 0 Å². The molecule has 8 nitrogen and oxygen atoms in total. The average Bonchev–Trinajstić information content (AvgIpc) is 3.33. The summed E-state index contributed by atoms with van der Waals surface area (Å²) < 4.78 is 16.7. The quantitative estimate of drug-likeness (QED) is 0.673. The Morgan fingerprint density at radius 1 is 0.969 bits per heavy atom. The number of rotatable bonds is 6. The van der Waals surface area contributed by atoms with E-state index >= 15 is 0 Å². The number of hydrogen-bond donors (Lipinski definition) is 2. The van der Waals surface area contributed by atoms with E-state index in [4.69, 9.17) is 14.2 Å². The summed E-state index contributed by atoms with van der Waals surface area (Å²) in [5.74, 6) is 0.241. The van der Waals surface area contributed by atoms with E-state index in [1.165, 1.54) is 0 Å². The Bertz CT molecular complexity index is 1010. The molecule has 0 atom stereocenters. The monoisotopic (exact) mass is 438 g/mol. The highest BCUT2D eigenvalue weighted by Crippen LogP contribution is 2.45. The summed E-state index contributed by atoms with van der Waals surface area (Å²) in [6.45, 7) is 0.587. The van der Waals surface area contributed by atoms with Gasteiger partial charge in [-0.1, -0.05) is 18.9 Å². The second-order valence-electron chi connectivity index (χ2n) is 7.93. The van der Waals surface area contributed by atoms with Crippen molar-refractivity contribution in [2.45, 2.75) is 31.1 Å². The molecule has 1 fully saturated rings. The summed E-state index contributed by atoms with van der Waals surface area (Å²) in [7, 11) is 1.55. The normalized spacial score (nSPS) is 16.2. The molecule has 0 aromatic heterocycles. The number of anilines is 1. The molecule has 0 radical (unpaired) electrons. The topological polar surface area (TPSA) is 103 Å². The van der Waals surface area contributed by atoms with Gasteiger partial charge in [-0.25, -0.2) is 0 Å². The van der Waals surface area contributed by atoms with Gasteiger partial charge in [0.15, 0.2) is 18.1 Å². The molecule has 2 aliphatic rings. The Kier molecular flexibility index (Phi) is 6.30. The Labute approximate surface area is 186 Å². The van der Waals surface area contributed by atoms with Crippen LogP contribution in [0.25, 0.3) is 0 Å². The maximum absolute atomic E-state index is 13.1. The molecule has 8 heteroatoms. The lowest BCUT2D eigenvalue weighted by molar-refractivity contribution is -0.153. The fourth-order valence-corrected chi connectivity index (χ4v) is 4.25. The van der Waals surface area contributed by atoms with Crippen LogP contribution in [0, 0.1) is 0 Å². The molecular weight excluding hydrogens is 412 g/mol. The van der Waals surface area contributed by atoms with E-state index in [1.807, 2.05) is 18.2 Å². The predicted octanol–water partition coefficient (Wildman–Crippen LogP) is 2.81. The van der Waals surface area contributed by atoms with E-state index in [0.29, 0.717) is 48.8 Å². The van der Waals surface area contributed by atoms with E-state index in [-0.39, 0.29) is 12.5 Å². The van der Waals surface area contributed by atoms with Crippen LogP contribution < -0.4 is 20.1 Å². The van der Waals surface area contributed by atoms with Crippen LogP contribution in [0.2, 0.25) is 0 Å². The predicted molar refractivity (Wildman–Crippen MR) is 117 cm³/mol. The van der Waals surface area contributed by atoms with Crippen LogP contribution >= 0.6 is 0 Å². The van der Waals surface area contributed by atoms with Crippen molar-refractivity contribution in [2.75, 3.05) is 32.2 Å². The number of hydrogen-bond acceptors (Lipinski definition) is 6. The first-order chi connectivity index (χ1) is 15.5. The van der Waals surface area contributed by atoms with Crippen molar-refractivity contribution in [2.24, 2.45) is 0 Å². The Morgan fingerprint density at radius 2 is 1.66 bits per heavy atom. The molecule has 1 aliphatic carbocycles. The largest absolute Gasteiger partial charge is 0.486 e. The lowest BCUT2D eigenvalue weighted by Gasteiger charge is -2.28. The van der Waals surface area contributed by atoms with Crippen LogP contribution in [0.4, 0.5) is 5.69 Å². The molecule has 32 heavy (non-hydrogen) atoms. The minimum atomic E-state index is -0.786. The number of benzene rings is 2. The van der Waals surface area contributed by atoms with E-state index in [9.17, 15) is 14.4 Å². The SMILES string of the molecule is CNC(=O)c1ccc(NC(=O)COC(=O)C2(c3ccc4c(c3)OCCO4)CCCC2)cc1. The van der Waals surface area contributed by atoms with E-state index in [1.54, 1.807) is 31.3 Å². The van der Waals surface area contributed by atoms with Crippen LogP contribution in [-0.2, 0) is 19.7 Å². The number of fused-ring (bicyclic) bond motifs is 1. The van der Waals surface area contributed by atoms with E-state index in [0.717, 1.165) is 18.4 Å². The van der Waals surface area contributed by atoms with Gasteiger partial charge in [0, 0.05) is 18.3 Å². The summed E-state index contributed by atoms with van der Waals surface area (Å²) in [5.41, 5.74) is 1.04. The first kappa shape index (κ1) is 21.7. The number of carbonyl (C=O) groups excluding carboxylic acids is 3. The molecule has 0 bridgehead atoms. The maximum Gasteiger partial charge on any atom is 0.317 e. The van der Waals surface area contributed by atoms with E-state index < -0.39 is 17.3 Å². The standard InChI is InChI=1S/C24H26N2O6/c1-25-22(28)16-4-7-18(8-5-16)26-21(27)15-32-23(29)24(10-2-3-11-24)17-6-9-19-20(14-17)31-13-12-30-19/h4-9,14H,2-3,10-13,15H2,1H3,(H,25,28)(H,26,27). The fourth-order valence-electron chi connectivity index (χ4n) is 4.25. The van der Waals surface area contributed by atoms with Crippen molar-refractivity contribution in [1.82, 2.24) is 5.32 Å². The zero-order chi connectivity index (χ0) is 22.6. The fraction of sp³-hybridized carbons (Fsp3) is 0.375. The third kappa shape index (κ3) is 4.39. The van der Waals surface area contributed by atoms with Crippen molar-refractivity contribution in [1.29, 1.82) is 0 Å². The van der Waals surface area contributed by atoms with Gasteiger partial charge in [0.1, 0.15) is 13.2 Å². The molecule has 2 aromatic carbocycles. The third-order valence-corrected chi connectivity index (χ3v) is 5.93. The van der Waals surface area contributed by atoms with Crippen molar-refractivity contribution < 1.29 is 28.6 Å². The molecular formula is C24H26N2O6. The minimum Gasteiger partial charge on any atom is -0.486 e. The Balaban J connectivity index is 1.40. The number of carbonyl (C=O) groups is 3. The lowest BCUT2D eigenvalue weighted by Crippen LogP contribution is -2.36. The molecule has 0 saturated heterocycles. The molecule has 1 heterocycles. The van der Waals surface area contributed by atoms with Crippen LogP contribution in [0.3, 0.4) is 0 Å². The summed E-state index contributed by atoms with van der Waals surface area (Å²) in [6, 6.07) is 12.0. The summed E-state index contributed by atoms with van der Waals surface area (Å²) in [4.78, 5) is 37.1. The third-order valence-electron chi connectivity index (χ3n) is 5.93. The zero-order valence-electron chi connectivity index (χ0n) is 17.9. The van der Waals surface area contributed by atoms with Crippen LogP contribution in [0.15, 0.2) is 42.5 Å². The van der Waals surface area contributed by atoms with Gasteiger partial charge in [-0.05, 0) is 54.8 Å². The van der Waals surface area contributed by atoms with Crippen LogP contribution in [-0.4, -0.2) is 44.7 Å². The highest BCUT2D eigenvalue weighted by atomic mass is 16.6. The molecule has 1 saturated carbocycles. The number of nitrogens with one attached hydrogen (secondary N) is 2. The molecule has 168 valence electrons. The smallest absolute Gasteiger partial charge is 0.317 e. The van der Waals surface area contributed by atoms with Gasteiger partial charge in [-0.15, -0.1) is 0 Å². The number of amides is 2. The molecule has 2 N–H and O–H groups in total. The lowest BCUT2D eigenvalue weighted by atomic mass is 9.78. The highest BCUT2D eigenvalue weighted by molar-refractivity contribution is 5.96. The van der Waals surface area contributed by atoms with Gasteiger partial charge in [0.25, 0.3) is 11.8 Å². The van der Waals surface area contributed by atoms with Gasteiger partial charge >= 0.3 is 5.97 Å². The molecule has 4 rings (SSSR count). The maximum atomic E-state index is 13.1. The summed E-state index contributed by atoms with van der Waals surface area (Å²) in [5, 5.41) is 5.22. The molecule has 0 unspecified atom stereocenters. The van der Waals surface area contributed by atoms with Gasteiger partial charge in [-0.3, -0.25) is 14.4 Å². The number of ether oxygens (including phenoxy) is 3. The summed E-state index contributed by atoms with van der Waals surface area (Å²) in [6.07, 6.45) is 3.14. The van der Waals surface area contributed by atoms with Crippen molar-refractivity contribution >= 4 is 23.5 Å². The first-order valence-corrected chi connectivity index (χ1v) is 10.7. The molecule has 2 aromatic rings. The Morgan fingerprint density at radius 3 is 2.34 bits per heavy atom. The molecule has 1 aliphatic heterocycles. The number of esters is 1. The average molecular weight is 438 g/mol. The summed E-state index contributed by atoms with van der Waals surface area (Å²) >= 11 is 0. The molecule has 0 spiro atoms. The van der Waals surface area contributed by atoms with Gasteiger partial charge < -0.3 is 24.8 Å². The highest BCUT2D eigenvalue weighted by Gasteiger charge is 2.45. The second kappa shape index (κ2) is 9.30. The van der Waals surface area contributed by atoms with Gasteiger partial charge in [0.2, 0.25) is 0 Å². The van der Waals surface area contributed by atoms with Crippen molar-refractivity contribution in [3.05, 3.63) is 53.6 Å². The van der Waals surface area contributed by atoms with E-state index in [2.05, 4.69) is 10.6 Å². The van der Waals surface area contributed by atoms with Gasteiger partial charge in [0.05, 0.1) is 5.41 Å². The second-order valence-corrected chi connectivity index (χ2v) is 7.93. The minimum absolute atomic E-state index is 0.210.